The molecule has 1 heterocycles. The number of H-pyrrole nitrogens is 1. The summed E-state index contributed by atoms with van der Waals surface area (Å²) in [4.78, 5) is 30.6. The number of rotatable bonds is 8. The van der Waals surface area contributed by atoms with Gasteiger partial charge in [-0.05, 0) is 66.6 Å². The van der Waals surface area contributed by atoms with E-state index in [1.54, 1.807) is 24.4 Å². The van der Waals surface area contributed by atoms with Crippen molar-refractivity contribution in [1.82, 2.24) is 4.98 Å². The van der Waals surface area contributed by atoms with Crippen LogP contribution in [-0.2, 0) is 0 Å². The van der Waals surface area contributed by atoms with Crippen molar-refractivity contribution in [2.75, 3.05) is 0 Å². The second kappa shape index (κ2) is 10.1. The van der Waals surface area contributed by atoms with Crippen LogP contribution in [0.4, 0.5) is 0 Å². The van der Waals surface area contributed by atoms with E-state index in [0.717, 1.165) is 0 Å². The van der Waals surface area contributed by atoms with E-state index < -0.39 is 16.6 Å². The molecule has 1 N–H and O–H groups in total. The van der Waals surface area contributed by atoms with E-state index in [0.29, 0.717) is 28.2 Å². The van der Waals surface area contributed by atoms with Crippen molar-refractivity contribution in [2.45, 2.75) is 77.8 Å². The molecule has 3 rings (SSSR count). The molecule has 0 aliphatic heterocycles. The quantitative estimate of drug-likeness (QED) is 0.233. The van der Waals surface area contributed by atoms with Gasteiger partial charge < -0.3 is 13.8 Å². The monoisotopic (exact) mass is 535 g/mol. The van der Waals surface area contributed by atoms with Crippen LogP contribution in [0.2, 0.25) is 36.3 Å². The minimum Gasteiger partial charge on any atom is -0.543 e. The highest BCUT2D eigenvalue weighted by Gasteiger charge is 2.41. The maximum atomic E-state index is 13.8. The van der Waals surface area contributed by atoms with Gasteiger partial charge in [-0.15, -0.1) is 0 Å². The molecule has 0 fully saturated rings. The number of carbonyl (C=O) groups is 2. The molecule has 0 radical (unpaired) electrons. The molecule has 5 nitrogen and oxygen atoms in total. The minimum atomic E-state index is -2.18. The Morgan fingerprint density at radius 3 is 1.46 bits per heavy atom. The Labute approximate surface area is 223 Å². The van der Waals surface area contributed by atoms with E-state index in [1.165, 1.54) is 0 Å². The van der Waals surface area contributed by atoms with Gasteiger partial charge in [-0.2, -0.15) is 0 Å². The topological polar surface area (TPSA) is 68.4 Å². The summed E-state index contributed by atoms with van der Waals surface area (Å²) in [6.45, 7) is 21.6. The first-order valence-electron chi connectivity index (χ1n) is 12.8. The molecular weight excluding hydrogens is 495 g/mol. The Hall–Kier alpha value is -2.91. The molecule has 0 saturated carbocycles. The fourth-order valence-electron chi connectivity index (χ4n) is 3.37. The Morgan fingerprint density at radius 2 is 1.03 bits per heavy atom. The van der Waals surface area contributed by atoms with Gasteiger partial charge in [0.25, 0.3) is 16.6 Å². The van der Waals surface area contributed by atoms with Crippen LogP contribution in [0, 0.1) is 0 Å². The van der Waals surface area contributed by atoms with Gasteiger partial charge in [-0.25, -0.2) is 0 Å². The van der Waals surface area contributed by atoms with Crippen LogP contribution in [0.25, 0.3) is 0 Å². The third-order valence-corrected chi connectivity index (χ3v) is 16.5. The fraction of sp³-hybridized carbons (Fsp3) is 0.400. The molecule has 0 saturated heterocycles. The number of hydrogen-bond acceptors (Lipinski definition) is 4. The second-order valence-corrected chi connectivity index (χ2v) is 22.1. The number of carbonyl (C=O) groups excluding carboxylic acids is 2. The maximum Gasteiger partial charge on any atom is 0.250 e. The molecule has 0 unspecified atom stereocenters. The standard InChI is InChI=1S/C30H41NO4Si2/c1-29(2,3)36(7,8)34-24-17-13-11-15-21(24)27(32)23-19-20-31-26(23)28(33)22-16-12-14-18-25(22)35-37(9,10)30(4,5)6/h11-20,31H,1-10H3. The van der Waals surface area contributed by atoms with Gasteiger partial charge in [0, 0.05) is 6.20 Å². The molecule has 2 aromatic carbocycles. The van der Waals surface area contributed by atoms with Crippen molar-refractivity contribution in [3.63, 3.8) is 0 Å². The lowest BCUT2D eigenvalue weighted by molar-refractivity contribution is 0.0999. The van der Waals surface area contributed by atoms with Crippen molar-refractivity contribution >= 4 is 28.2 Å². The molecule has 7 heteroatoms. The van der Waals surface area contributed by atoms with Gasteiger partial charge in [-0.1, -0.05) is 65.8 Å². The van der Waals surface area contributed by atoms with Gasteiger partial charge in [0.1, 0.15) is 11.5 Å². The lowest BCUT2D eigenvalue weighted by atomic mass is 9.98. The average molecular weight is 536 g/mol. The molecule has 0 aliphatic rings. The van der Waals surface area contributed by atoms with E-state index >= 15 is 0 Å². The molecular formula is C30H41NO4Si2. The fourth-order valence-corrected chi connectivity index (χ4v) is 5.44. The van der Waals surface area contributed by atoms with E-state index in [9.17, 15) is 9.59 Å². The number of para-hydroxylation sites is 2. The third kappa shape index (κ3) is 5.99. The van der Waals surface area contributed by atoms with E-state index in [4.69, 9.17) is 8.85 Å². The van der Waals surface area contributed by atoms with Crippen molar-refractivity contribution in [2.24, 2.45) is 0 Å². The highest BCUT2D eigenvalue weighted by molar-refractivity contribution is 6.75. The number of nitrogens with one attached hydrogen (secondary N) is 1. The molecule has 198 valence electrons. The Balaban J connectivity index is 2.00. The second-order valence-electron chi connectivity index (χ2n) is 12.6. The van der Waals surface area contributed by atoms with Crippen molar-refractivity contribution in [3.8, 4) is 11.5 Å². The van der Waals surface area contributed by atoms with Crippen LogP contribution < -0.4 is 8.85 Å². The zero-order valence-corrected chi connectivity index (χ0v) is 25.9. The minimum absolute atomic E-state index is 0.0216. The van der Waals surface area contributed by atoms with Crippen LogP contribution in [0.1, 0.15) is 73.5 Å². The van der Waals surface area contributed by atoms with Gasteiger partial charge in [0.05, 0.1) is 22.4 Å². The molecule has 0 amide bonds. The third-order valence-electron chi connectivity index (χ3n) is 7.82. The molecule has 0 atom stereocenters. The number of ketones is 2. The number of hydrogen-bond donors (Lipinski definition) is 1. The van der Waals surface area contributed by atoms with Crippen molar-refractivity contribution in [3.05, 3.63) is 83.2 Å². The van der Waals surface area contributed by atoms with E-state index in [2.05, 4.69) is 72.7 Å². The van der Waals surface area contributed by atoms with Crippen molar-refractivity contribution in [1.29, 1.82) is 0 Å². The van der Waals surface area contributed by atoms with Crippen LogP contribution in [0.5, 0.6) is 11.5 Å². The normalized spacial score (nSPS) is 12.8. The van der Waals surface area contributed by atoms with E-state index in [-0.39, 0.29) is 27.3 Å². The number of aromatic amines is 1. The Morgan fingerprint density at radius 1 is 0.622 bits per heavy atom. The van der Waals surface area contributed by atoms with Gasteiger partial charge in [0.15, 0.2) is 5.78 Å². The SMILES string of the molecule is CC(C)(C)[Si](C)(C)Oc1ccccc1C(=O)c1cc[nH]c1C(=O)c1ccccc1O[Si](C)(C)C(C)(C)C. The summed E-state index contributed by atoms with van der Waals surface area (Å²) in [7, 11) is -4.37. The highest BCUT2D eigenvalue weighted by atomic mass is 28.4. The van der Waals surface area contributed by atoms with Crippen LogP contribution in [0.15, 0.2) is 60.8 Å². The summed E-state index contributed by atoms with van der Waals surface area (Å²) in [5.41, 5.74) is 1.46. The average Bonchev–Trinajstić information content (AvgIpc) is 3.27. The summed E-state index contributed by atoms with van der Waals surface area (Å²) in [5.74, 6) is 0.585. The molecule has 0 spiro atoms. The van der Waals surface area contributed by atoms with Gasteiger partial charge >= 0.3 is 0 Å². The number of aromatic nitrogens is 1. The predicted octanol–water partition coefficient (Wildman–Crippen LogP) is 8.24. The van der Waals surface area contributed by atoms with E-state index in [1.807, 2.05) is 36.4 Å². The lowest BCUT2D eigenvalue weighted by Gasteiger charge is -2.37. The number of benzene rings is 2. The first-order chi connectivity index (χ1) is 17.0. The first-order valence-corrected chi connectivity index (χ1v) is 18.6. The first kappa shape index (κ1) is 28.7. The Bertz CT molecular complexity index is 1200. The van der Waals surface area contributed by atoms with Gasteiger partial charge in [-0.3, -0.25) is 9.59 Å². The van der Waals surface area contributed by atoms with Gasteiger partial charge in [0.2, 0.25) is 5.78 Å². The molecule has 0 bridgehead atoms. The molecule has 3 aromatic rings. The molecule has 1 aromatic heterocycles. The zero-order chi connectivity index (χ0) is 27.8. The van der Waals surface area contributed by atoms with Crippen LogP contribution in [-0.4, -0.2) is 33.2 Å². The lowest BCUT2D eigenvalue weighted by Crippen LogP contribution is -2.44. The molecule has 37 heavy (non-hydrogen) atoms. The largest absolute Gasteiger partial charge is 0.543 e. The zero-order valence-electron chi connectivity index (χ0n) is 23.9. The molecule has 0 aliphatic carbocycles. The highest BCUT2D eigenvalue weighted by Crippen LogP contribution is 2.40. The van der Waals surface area contributed by atoms with Crippen LogP contribution in [0.3, 0.4) is 0 Å². The predicted molar refractivity (Wildman–Crippen MR) is 156 cm³/mol. The Kier molecular flexibility index (Phi) is 7.82. The summed E-state index contributed by atoms with van der Waals surface area (Å²) < 4.78 is 13.0. The summed E-state index contributed by atoms with van der Waals surface area (Å²) in [6, 6.07) is 16.2. The summed E-state index contributed by atoms with van der Waals surface area (Å²) >= 11 is 0. The van der Waals surface area contributed by atoms with Crippen LogP contribution >= 0.6 is 0 Å². The smallest absolute Gasteiger partial charge is 0.250 e. The maximum absolute atomic E-state index is 13.8. The summed E-state index contributed by atoms with van der Waals surface area (Å²) in [5, 5.41) is -0.0448. The summed E-state index contributed by atoms with van der Waals surface area (Å²) in [6.07, 6.45) is 1.63. The van der Waals surface area contributed by atoms with Crippen molar-refractivity contribution < 1.29 is 18.4 Å².